The van der Waals surface area contributed by atoms with Crippen molar-refractivity contribution in [3.05, 3.63) is 69.7 Å². The Kier molecular flexibility index (Phi) is 4.51. The number of hydrogen-bond donors (Lipinski definition) is 0. The molecule has 2 aromatic carbocycles. The van der Waals surface area contributed by atoms with Crippen molar-refractivity contribution in [3.63, 3.8) is 0 Å². The molecule has 0 aliphatic carbocycles. The van der Waals surface area contributed by atoms with Crippen LogP contribution in [0.25, 0.3) is 0 Å². The molecule has 1 unspecified atom stereocenters. The summed E-state index contributed by atoms with van der Waals surface area (Å²) in [7, 11) is 0. The monoisotopic (exact) mass is 374 g/mol. The van der Waals surface area contributed by atoms with E-state index in [4.69, 9.17) is 0 Å². The lowest BCUT2D eigenvalue weighted by molar-refractivity contribution is 0.618. The Balaban J connectivity index is 2.13. The fourth-order valence-corrected chi connectivity index (χ4v) is 2.56. The SMILES string of the molecule is Fc1ccc(CC(Br)c2ccc(Br)c(F)c2)cc1. The van der Waals surface area contributed by atoms with Gasteiger partial charge in [0.05, 0.1) is 4.47 Å². The average Bonchev–Trinajstić information content (AvgIpc) is 2.35. The number of rotatable bonds is 3. The van der Waals surface area contributed by atoms with Crippen LogP contribution in [0.5, 0.6) is 0 Å². The van der Waals surface area contributed by atoms with Crippen LogP contribution in [-0.4, -0.2) is 0 Å². The van der Waals surface area contributed by atoms with E-state index >= 15 is 0 Å². The Bertz CT molecular complexity index is 538. The van der Waals surface area contributed by atoms with E-state index in [1.54, 1.807) is 18.2 Å². The van der Waals surface area contributed by atoms with Crippen LogP contribution in [0.15, 0.2) is 46.9 Å². The van der Waals surface area contributed by atoms with Gasteiger partial charge in [0.15, 0.2) is 0 Å². The van der Waals surface area contributed by atoms with Crippen LogP contribution in [0.3, 0.4) is 0 Å². The van der Waals surface area contributed by atoms with E-state index in [1.807, 2.05) is 6.07 Å². The first-order valence-electron chi connectivity index (χ1n) is 5.40. The molecule has 4 heteroatoms. The summed E-state index contributed by atoms with van der Waals surface area (Å²) in [6, 6.07) is 11.4. The summed E-state index contributed by atoms with van der Waals surface area (Å²) in [5.74, 6) is -0.532. The van der Waals surface area contributed by atoms with Gasteiger partial charge in [0, 0.05) is 4.83 Å². The van der Waals surface area contributed by atoms with E-state index in [2.05, 4.69) is 31.9 Å². The largest absolute Gasteiger partial charge is 0.207 e. The van der Waals surface area contributed by atoms with Gasteiger partial charge >= 0.3 is 0 Å². The molecule has 0 radical (unpaired) electrons. The van der Waals surface area contributed by atoms with Crippen molar-refractivity contribution in [1.29, 1.82) is 0 Å². The summed E-state index contributed by atoms with van der Waals surface area (Å²) < 4.78 is 26.6. The molecule has 0 aliphatic rings. The van der Waals surface area contributed by atoms with Gasteiger partial charge in [-0.3, -0.25) is 0 Å². The Morgan fingerprint density at radius 3 is 2.28 bits per heavy atom. The summed E-state index contributed by atoms with van der Waals surface area (Å²) in [6.07, 6.45) is 0.682. The molecule has 0 N–H and O–H groups in total. The molecular weight excluding hydrogens is 366 g/mol. The minimum Gasteiger partial charge on any atom is -0.207 e. The standard InChI is InChI=1S/C14H10Br2F2/c15-12-6-3-10(8-14(12)18)13(16)7-9-1-4-11(17)5-2-9/h1-6,8,13H,7H2. The molecule has 2 aromatic rings. The van der Waals surface area contributed by atoms with Gasteiger partial charge in [-0.2, -0.15) is 0 Å². The molecule has 0 amide bonds. The van der Waals surface area contributed by atoms with Crippen molar-refractivity contribution in [2.75, 3.05) is 0 Å². The molecule has 0 nitrogen and oxygen atoms in total. The summed E-state index contributed by atoms with van der Waals surface area (Å²) in [6.45, 7) is 0. The summed E-state index contributed by atoms with van der Waals surface area (Å²) in [5.41, 5.74) is 1.86. The lowest BCUT2D eigenvalue weighted by atomic mass is 10.0. The Morgan fingerprint density at radius 1 is 1.00 bits per heavy atom. The van der Waals surface area contributed by atoms with Gasteiger partial charge in [-0.25, -0.2) is 8.78 Å². The van der Waals surface area contributed by atoms with Crippen LogP contribution in [0.4, 0.5) is 8.78 Å². The number of benzene rings is 2. The minimum atomic E-state index is -0.281. The molecule has 2 rings (SSSR count). The second-order valence-electron chi connectivity index (χ2n) is 3.97. The predicted molar refractivity (Wildman–Crippen MR) is 75.9 cm³/mol. The van der Waals surface area contributed by atoms with Crippen LogP contribution in [0, 0.1) is 11.6 Å². The van der Waals surface area contributed by atoms with Gasteiger partial charge in [-0.1, -0.05) is 34.1 Å². The zero-order valence-electron chi connectivity index (χ0n) is 9.34. The topological polar surface area (TPSA) is 0 Å². The summed E-state index contributed by atoms with van der Waals surface area (Å²) in [4.78, 5) is 0.00515. The van der Waals surface area contributed by atoms with E-state index in [0.29, 0.717) is 10.9 Å². The Morgan fingerprint density at radius 2 is 1.67 bits per heavy atom. The van der Waals surface area contributed by atoms with Crippen LogP contribution >= 0.6 is 31.9 Å². The molecule has 0 saturated carbocycles. The molecule has 1 atom stereocenters. The van der Waals surface area contributed by atoms with Gasteiger partial charge in [-0.05, 0) is 57.7 Å². The first kappa shape index (κ1) is 13.7. The number of hydrogen-bond acceptors (Lipinski definition) is 0. The Labute approximate surface area is 121 Å². The fraction of sp³-hybridized carbons (Fsp3) is 0.143. The third kappa shape index (κ3) is 3.39. The van der Waals surface area contributed by atoms with Gasteiger partial charge in [-0.15, -0.1) is 0 Å². The Hall–Kier alpha value is -0.740. The highest BCUT2D eigenvalue weighted by atomic mass is 79.9. The average molecular weight is 376 g/mol. The molecule has 0 bridgehead atoms. The first-order chi connectivity index (χ1) is 8.56. The lowest BCUT2D eigenvalue weighted by Gasteiger charge is -2.11. The van der Waals surface area contributed by atoms with Crippen LogP contribution in [0.2, 0.25) is 0 Å². The maximum Gasteiger partial charge on any atom is 0.137 e. The van der Waals surface area contributed by atoms with Gasteiger partial charge in [0.25, 0.3) is 0 Å². The second-order valence-corrected chi connectivity index (χ2v) is 5.93. The molecule has 0 aromatic heterocycles. The van der Waals surface area contributed by atoms with Crippen molar-refractivity contribution in [2.24, 2.45) is 0 Å². The number of halogens is 4. The fourth-order valence-electron chi connectivity index (χ4n) is 1.65. The van der Waals surface area contributed by atoms with Gasteiger partial charge < -0.3 is 0 Å². The molecule has 0 fully saturated rings. The quantitative estimate of drug-likeness (QED) is 0.629. The third-order valence-corrected chi connectivity index (χ3v) is 4.13. The number of alkyl halides is 1. The van der Waals surface area contributed by atoms with Crippen molar-refractivity contribution < 1.29 is 8.78 Å². The lowest BCUT2D eigenvalue weighted by Crippen LogP contribution is -1.96. The third-order valence-electron chi connectivity index (χ3n) is 2.63. The summed E-state index contributed by atoms with van der Waals surface area (Å²) >= 11 is 6.65. The molecular formula is C14H10Br2F2. The molecule has 0 saturated heterocycles. The van der Waals surface area contributed by atoms with Crippen molar-refractivity contribution in [3.8, 4) is 0 Å². The van der Waals surface area contributed by atoms with Gasteiger partial charge in [0.1, 0.15) is 11.6 Å². The van der Waals surface area contributed by atoms with E-state index < -0.39 is 0 Å². The highest BCUT2D eigenvalue weighted by Gasteiger charge is 2.10. The zero-order valence-corrected chi connectivity index (χ0v) is 12.5. The van der Waals surface area contributed by atoms with Gasteiger partial charge in [0.2, 0.25) is 0 Å². The summed E-state index contributed by atoms with van der Waals surface area (Å²) in [5, 5.41) is 0. The molecule has 0 spiro atoms. The van der Waals surface area contributed by atoms with E-state index in [0.717, 1.165) is 11.1 Å². The zero-order chi connectivity index (χ0) is 13.1. The van der Waals surface area contributed by atoms with Crippen LogP contribution < -0.4 is 0 Å². The van der Waals surface area contributed by atoms with E-state index in [-0.39, 0.29) is 16.5 Å². The van der Waals surface area contributed by atoms with E-state index in [1.165, 1.54) is 18.2 Å². The predicted octanol–water partition coefficient (Wildman–Crippen LogP) is 5.41. The molecule has 0 aliphatic heterocycles. The molecule has 94 valence electrons. The smallest absolute Gasteiger partial charge is 0.137 e. The van der Waals surface area contributed by atoms with Crippen LogP contribution in [-0.2, 0) is 6.42 Å². The maximum atomic E-state index is 13.4. The van der Waals surface area contributed by atoms with E-state index in [9.17, 15) is 8.78 Å². The minimum absolute atomic E-state index is 0.00515. The normalized spacial score (nSPS) is 12.4. The van der Waals surface area contributed by atoms with Crippen molar-refractivity contribution in [1.82, 2.24) is 0 Å². The van der Waals surface area contributed by atoms with Crippen LogP contribution in [0.1, 0.15) is 16.0 Å². The maximum absolute atomic E-state index is 13.4. The first-order valence-corrected chi connectivity index (χ1v) is 7.10. The molecule has 0 heterocycles. The molecule has 18 heavy (non-hydrogen) atoms. The second kappa shape index (κ2) is 5.93. The van der Waals surface area contributed by atoms with Crippen molar-refractivity contribution in [2.45, 2.75) is 11.2 Å². The highest BCUT2D eigenvalue weighted by molar-refractivity contribution is 9.10. The van der Waals surface area contributed by atoms with Crippen molar-refractivity contribution >= 4 is 31.9 Å². The highest BCUT2D eigenvalue weighted by Crippen LogP contribution is 2.29.